The fourth-order valence-corrected chi connectivity index (χ4v) is 2.59. The third kappa shape index (κ3) is 2.91. The van der Waals surface area contributed by atoms with Crippen LogP contribution in [0.3, 0.4) is 0 Å². The van der Waals surface area contributed by atoms with E-state index in [0.717, 1.165) is 12.5 Å². The number of ether oxygens (including phenoxy) is 1. The smallest absolute Gasteiger partial charge is 0.337 e. The summed E-state index contributed by atoms with van der Waals surface area (Å²) in [5, 5.41) is 3.55. The Morgan fingerprint density at radius 3 is 2.72 bits per heavy atom. The second-order valence-electron chi connectivity index (χ2n) is 4.92. The number of hydrogen-bond donors (Lipinski definition) is 1. The van der Waals surface area contributed by atoms with Crippen molar-refractivity contribution in [2.75, 3.05) is 13.7 Å². The zero-order valence-electron chi connectivity index (χ0n) is 11.1. The highest BCUT2D eigenvalue weighted by Crippen LogP contribution is 2.29. The number of esters is 1. The van der Waals surface area contributed by atoms with Gasteiger partial charge in [-0.05, 0) is 43.0 Å². The van der Waals surface area contributed by atoms with Crippen LogP contribution in [-0.4, -0.2) is 19.6 Å². The summed E-state index contributed by atoms with van der Waals surface area (Å²) >= 11 is 0. The molecule has 1 saturated heterocycles. The second-order valence-corrected chi connectivity index (χ2v) is 4.92. The van der Waals surface area contributed by atoms with Crippen molar-refractivity contribution in [1.29, 1.82) is 0 Å². The largest absolute Gasteiger partial charge is 0.465 e. The third-order valence-electron chi connectivity index (χ3n) is 3.82. The van der Waals surface area contributed by atoms with Gasteiger partial charge in [-0.15, -0.1) is 0 Å². The summed E-state index contributed by atoms with van der Waals surface area (Å²) in [7, 11) is 1.41. The molecule has 1 aliphatic heterocycles. The van der Waals surface area contributed by atoms with Crippen molar-refractivity contribution in [1.82, 2.24) is 5.32 Å². The fraction of sp³-hybridized carbons (Fsp3) is 0.533. The molecule has 0 bridgehead atoms. The summed E-state index contributed by atoms with van der Waals surface area (Å²) in [6.45, 7) is 3.34. The number of nitrogens with one attached hydrogen (secondary N) is 1. The van der Waals surface area contributed by atoms with E-state index in [4.69, 9.17) is 4.74 Å². The molecule has 1 aromatic rings. The van der Waals surface area contributed by atoms with Gasteiger partial charge >= 0.3 is 5.97 Å². The molecule has 0 amide bonds. The number of methoxy groups -OCH3 is 1. The van der Waals surface area contributed by atoms with E-state index in [-0.39, 0.29) is 5.97 Å². The first kappa shape index (κ1) is 13.1. The molecule has 0 radical (unpaired) electrons. The molecule has 1 aliphatic rings. The summed E-state index contributed by atoms with van der Waals surface area (Å²) in [4.78, 5) is 11.4. The van der Waals surface area contributed by atoms with E-state index in [1.165, 1.54) is 31.9 Å². The Hall–Kier alpha value is -1.35. The van der Waals surface area contributed by atoms with E-state index >= 15 is 0 Å². The average molecular weight is 247 g/mol. The molecule has 0 spiro atoms. The third-order valence-corrected chi connectivity index (χ3v) is 3.82. The van der Waals surface area contributed by atoms with Gasteiger partial charge in [0, 0.05) is 6.04 Å². The highest BCUT2D eigenvalue weighted by Gasteiger charge is 2.21. The first-order valence-electron chi connectivity index (χ1n) is 6.66. The minimum atomic E-state index is -0.274. The van der Waals surface area contributed by atoms with Gasteiger partial charge in [-0.25, -0.2) is 4.79 Å². The van der Waals surface area contributed by atoms with Gasteiger partial charge in [0.1, 0.15) is 0 Å². The molecule has 2 rings (SSSR count). The van der Waals surface area contributed by atoms with E-state index in [0.29, 0.717) is 11.6 Å². The molecule has 1 heterocycles. The number of benzene rings is 1. The van der Waals surface area contributed by atoms with Gasteiger partial charge < -0.3 is 10.1 Å². The first-order valence-corrected chi connectivity index (χ1v) is 6.66. The SMILES string of the molecule is CC[C@@H]1CCN[C@H](c2ccc(C(=O)OC)cc2)C1. The van der Waals surface area contributed by atoms with Crippen molar-refractivity contribution >= 4 is 5.97 Å². The summed E-state index contributed by atoms with van der Waals surface area (Å²) < 4.78 is 4.70. The monoisotopic (exact) mass is 247 g/mol. The van der Waals surface area contributed by atoms with Crippen molar-refractivity contribution in [3.05, 3.63) is 35.4 Å². The minimum absolute atomic E-state index is 0.274. The van der Waals surface area contributed by atoms with Crippen LogP contribution in [0.5, 0.6) is 0 Å². The Bertz CT molecular complexity index is 399. The molecule has 1 N–H and O–H groups in total. The lowest BCUT2D eigenvalue weighted by Crippen LogP contribution is -2.31. The Morgan fingerprint density at radius 1 is 1.39 bits per heavy atom. The molecule has 3 heteroatoms. The maximum absolute atomic E-state index is 11.4. The molecule has 3 nitrogen and oxygen atoms in total. The van der Waals surface area contributed by atoms with Crippen LogP contribution in [0.1, 0.15) is 48.1 Å². The number of carbonyl (C=O) groups is 1. The van der Waals surface area contributed by atoms with Crippen molar-refractivity contribution in [3.8, 4) is 0 Å². The Labute approximate surface area is 109 Å². The number of hydrogen-bond acceptors (Lipinski definition) is 3. The van der Waals surface area contributed by atoms with Crippen LogP contribution in [0, 0.1) is 5.92 Å². The van der Waals surface area contributed by atoms with Crippen LogP contribution < -0.4 is 5.32 Å². The zero-order chi connectivity index (χ0) is 13.0. The van der Waals surface area contributed by atoms with Crippen LogP contribution >= 0.6 is 0 Å². The lowest BCUT2D eigenvalue weighted by molar-refractivity contribution is 0.0600. The molecule has 2 atom stereocenters. The van der Waals surface area contributed by atoms with Crippen LogP contribution in [0.15, 0.2) is 24.3 Å². The van der Waals surface area contributed by atoms with Gasteiger partial charge in [-0.1, -0.05) is 25.5 Å². The molecule has 1 aromatic carbocycles. The molecular weight excluding hydrogens is 226 g/mol. The molecule has 1 fully saturated rings. The standard InChI is InChI=1S/C15H21NO2/c1-3-11-8-9-16-14(10-11)12-4-6-13(7-5-12)15(17)18-2/h4-7,11,14,16H,3,8-10H2,1-2H3/t11-,14+/m1/s1. The lowest BCUT2D eigenvalue weighted by atomic mass is 9.87. The Balaban J connectivity index is 2.07. The number of piperidine rings is 1. The second kappa shape index (κ2) is 6.01. The molecule has 18 heavy (non-hydrogen) atoms. The maximum Gasteiger partial charge on any atom is 0.337 e. The summed E-state index contributed by atoms with van der Waals surface area (Å²) in [6, 6.07) is 8.18. The average Bonchev–Trinajstić information content (AvgIpc) is 2.46. The Kier molecular flexibility index (Phi) is 4.37. The quantitative estimate of drug-likeness (QED) is 0.835. The molecule has 0 unspecified atom stereocenters. The molecule has 98 valence electrons. The zero-order valence-corrected chi connectivity index (χ0v) is 11.1. The van der Waals surface area contributed by atoms with Gasteiger partial charge in [-0.2, -0.15) is 0 Å². The highest BCUT2D eigenvalue weighted by atomic mass is 16.5. The highest BCUT2D eigenvalue weighted by molar-refractivity contribution is 5.89. The van der Waals surface area contributed by atoms with Gasteiger partial charge in [0.25, 0.3) is 0 Å². The summed E-state index contributed by atoms with van der Waals surface area (Å²) in [5.41, 5.74) is 1.88. The van der Waals surface area contributed by atoms with E-state index in [1.54, 1.807) is 0 Å². The van der Waals surface area contributed by atoms with Gasteiger partial charge in [0.15, 0.2) is 0 Å². The van der Waals surface area contributed by atoms with E-state index in [9.17, 15) is 4.79 Å². The van der Waals surface area contributed by atoms with Crippen molar-refractivity contribution < 1.29 is 9.53 Å². The predicted octanol–water partition coefficient (Wildman–Crippen LogP) is 2.92. The molecule has 0 aromatic heterocycles. The van der Waals surface area contributed by atoms with Crippen LogP contribution in [0.2, 0.25) is 0 Å². The van der Waals surface area contributed by atoms with Gasteiger partial charge in [0.2, 0.25) is 0 Å². The number of rotatable bonds is 3. The number of carbonyl (C=O) groups excluding carboxylic acids is 1. The van der Waals surface area contributed by atoms with Gasteiger partial charge in [-0.3, -0.25) is 0 Å². The van der Waals surface area contributed by atoms with Crippen LogP contribution in [-0.2, 0) is 4.74 Å². The molecular formula is C15H21NO2. The van der Waals surface area contributed by atoms with E-state index in [2.05, 4.69) is 12.2 Å². The summed E-state index contributed by atoms with van der Waals surface area (Å²) in [5.74, 6) is 0.543. The summed E-state index contributed by atoms with van der Waals surface area (Å²) in [6.07, 6.45) is 3.71. The van der Waals surface area contributed by atoms with Crippen molar-refractivity contribution in [3.63, 3.8) is 0 Å². The van der Waals surface area contributed by atoms with Gasteiger partial charge in [0.05, 0.1) is 12.7 Å². The first-order chi connectivity index (χ1) is 8.74. The van der Waals surface area contributed by atoms with Crippen molar-refractivity contribution in [2.24, 2.45) is 5.92 Å². The van der Waals surface area contributed by atoms with E-state index < -0.39 is 0 Å². The van der Waals surface area contributed by atoms with Crippen molar-refractivity contribution in [2.45, 2.75) is 32.2 Å². The van der Waals surface area contributed by atoms with Crippen LogP contribution in [0.25, 0.3) is 0 Å². The molecule has 0 saturated carbocycles. The Morgan fingerprint density at radius 2 is 2.11 bits per heavy atom. The predicted molar refractivity (Wildman–Crippen MR) is 71.5 cm³/mol. The molecule has 0 aliphatic carbocycles. The minimum Gasteiger partial charge on any atom is -0.465 e. The van der Waals surface area contributed by atoms with Crippen LogP contribution in [0.4, 0.5) is 0 Å². The fourth-order valence-electron chi connectivity index (χ4n) is 2.59. The maximum atomic E-state index is 11.4. The van der Waals surface area contributed by atoms with E-state index in [1.807, 2.05) is 24.3 Å². The normalized spacial score (nSPS) is 23.7. The lowest BCUT2D eigenvalue weighted by Gasteiger charge is -2.30. The topological polar surface area (TPSA) is 38.3 Å².